The predicted molar refractivity (Wildman–Crippen MR) is 65.2 cm³/mol. The summed E-state index contributed by atoms with van der Waals surface area (Å²) in [4.78, 5) is 4.11. The van der Waals surface area contributed by atoms with Gasteiger partial charge in [-0.1, -0.05) is 16.8 Å². The third-order valence-corrected chi connectivity index (χ3v) is 2.89. The van der Waals surface area contributed by atoms with Crippen LogP contribution >= 0.6 is 50.1 Å². The van der Waals surface area contributed by atoms with Crippen LogP contribution in [0.1, 0.15) is 0 Å². The third kappa shape index (κ3) is 2.09. The lowest BCUT2D eigenvalue weighted by atomic mass is 10.2. The molecule has 0 amide bonds. The summed E-state index contributed by atoms with van der Waals surface area (Å²) in [5, 5.41) is 4.37. The summed E-state index contributed by atoms with van der Waals surface area (Å²) in [7, 11) is 0. The first-order chi connectivity index (χ1) is 6.66. The number of aromatic nitrogens is 2. The van der Waals surface area contributed by atoms with Crippen LogP contribution in [0.5, 0.6) is 0 Å². The number of halogens is 3. The summed E-state index contributed by atoms with van der Waals surface area (Å²) in [6.45, 7) is 0. The maximum Gasteiger partial charge on any atom is 0.259 e. The summed E-state index contributed by atoms with van der Waals surface area (Å²) in [5.74, 6) is 0.484. The molecule has 0 saturated heterocycles. The molecule has 1 heterocycles. The fourth-order valence-electron chi connectivity index (χ4n) is 0.978. The van der Waals surface area contributed by atoms with Crippen molar-refractivity contribution in [2.75, 3.05) is 0 Å². The van der Waals surface area contributed by atoms with Gasteiger partial charge in [-0.2, -0.15) is 4.98 Å². The molecule has 2 aromatic rings. The first-order valence-electron chi connectivity index (χ1n) is 3.61. The molecule has 1 aromatic carbocycles. The van der Waals surface area contributed by atoms with E-state index in [4.69, 9.17) is 16.1 Å². The average Bonchev–Trinajstić information content (AvgIpc) is 2.51. The first kappa shape index (κ1) is 10.4. The van der Waals surface area contributed by atoms with Gasteiger partial charge in [0, 0.05) is 32.1 Å². The molecule has 0 aliphatic heterocycles. The molecule has 2 rings (SSSR count). The maximum atomic E-state index is 5.81. The van der Waals surface area contributed by atoms with E-state index in [0.717, 1.165) is 10.0 Å². The van der Waals surface area contributed by atoms with Gasteiger partial charge in [0.05, 0.1) is 5.56 Å². The van der Waals surface area contributed by atoms with E-state index in [1.165, 1.54) is 0 Å². The largest absolute Gasteiger partial charge is 0.333 e. The SMILES string of the molecule is Clc1ccc(-c2nc(I)no2)c(Br)c1. The lowest BCUT2D eigenvalue weighted by Crippen LogP contribution is -1.80. The molecule has 0 unspecified atom stereocenters. The van der Waals surface area contributed by atoms with E-state index >= 15 is 0 Å². The van der Waals surface area contributed by atoms with Crippen molar-refractivity contribution in [3.63, 3.8) is 0 Å². The zero-order chi connectivity index (χ0) is 10.1. The van der Waals surface area contributed by atoms with E-state index in [-0.39, 0.29) is 0 Å². The summed E-state index contributed by atoms with van der Waals surface area (Å²) < 4.78 is 6.45. The minimum Gasteiger partial charge on any atom is -0.333 e. The minimum atomic E-state index is 0.484. The second-order valence-corrected chi connectivity index (χ2v) is 4.75. The average molecular weight is 385 g/mol. The van der Waals surface area contributed by atoms with Crippen LogP contribution in [-0.2, 0) is 0 Å². The molecule has 6 heteroatoms. The van der Waals surface area contributed by atoms with Gasteiger partial charge in [-0.25, -0.2) is 0 Å². The topological polar surface area (TPSA) is 38.9 Å². The van der Waals surface area contributed by atoms with Crippen molar-refractivity contribution < 1.29 is 4.52 Å². The predicted octanol–water partition coefficient (Wildman–Crippen LogP) is 3.76. The number of hydrogen-bond donors (Lipinski definition) is 0. The van der Waals surface area contributed by atoms with Crippen LogP contribution in [0, 0.1) is 3.83 Å². The highest BCUT2D eigenvalue weighted by Crippen LogP contribution is 2.29. The molecule has 0 N–H and O–H groups in total. The Bertz CT molecular complexity index is 474. The summed E-state index contributed by atoms with van der Waals surface area (Å²) in [6.07, 6.45) is 0. The molecular formula is C8H3BrClIN2O. The first-order valence-corrected chi connectivity index (χ1v) is 5.86. The molecule has 0 atom stereocenters. The maximum absolute atomic E-state index is 5.81. The zero-order valence-electron chi connectivity index (χ0n) is 6.67. The van der Waals surface area contributed by atoms with Crippen molar-refractivity contribution in [2.24, 2.45) is 0 Å². The van der Waals surface area contributed by atoms with Gasteiger partial charge in [0.2, 0.25) is 3.83 Å². The normalized spacial score (nSPS) is 10.5. The Kier molecular flexibility index (Phi) is 3.08. The van der Waals surface area contributed by atoms with E-state index in [2.05, 4.69) is 26.1 Å². The monoisotopic (exact) mass is 384 g/mol. The Hall–Kier alpha value is -0.140. The van der Waals surface area contributed by atoms with Crippen molar-refractivity contribution in [3.05, 3.63) is 31.5 Å². The number of nitrogens with zero attached hydrogens (tertiary/aromatic N) is 2. The van der Waals surface area contributed by atoms with E-state index < -0.39 is 0 Å². The van der Waals surface area contributed by atoms with Crippen LogP contribution in [0.15, 0.2) is 27.2 Å². The van der Waals surface area contributed by atoms with E-state index in [1.54, 1.807) is 12.1 Å². The van der Waals surface area contributed by atoms with Crippen molar-refractivity contribution >= 4 is 50.1 Å². The lowest BCUT2D eigenvalue weighted by molar-refractivity contribution is 0.425. The molecule has 0 radical (unpaired) electrons. The number of rotatable bonds is 1. The second kappa shape index (κ2) is 4.16. The van der Waals surface area contributed by atoms with Gasteiger partial charge < -0.3 is 4.52 Å². The molecule has 0 spiro atoms. The molecule has 0 aliphatic rings. The highest BCUT2D eigenvalue weighted by molar-refractivity contribution is 14.1. The zero-order valence-corrected chi connectivity index (χ0v) is 11.2. The van der Waals surface area contributed by atoms with Crippen LogP contribution in [0.3, 0.4) is 0 Å². The van der Waals surface area contributed by atoms with Crippen LogP contribution in [0.2, 0.25) is 5.02 Å². The van der Waals surface area contributed by atoms with Crippen molar-refractivity contribution in [1.82, 2.24) is 10.1 Å². The van der Waals surface area contributed by atoms with E-state index in [0.29, 0.717) is 14.7 Å². The summed E-state index contributed by atoms with van der Waals surface area (Å²) >= 11 is 11.2. The number of benzene rings is 1. The molecule has 0 bridgehead atoms. The van der Waals surface area contributed by atoms with Gasteiger partial charge in [-0.3, -0.25) is 0 Å². The summed E-state index contributed by atoms with van der Waals surface area (Å²) in [6, 6.07) is 5.39. The van der Waals surface area contributed by atoms with Gasteiger partial charge in [-0.05, 0) is 34.1 Å². The Balaban J connectivity index is 2.52. The molecule has 0 aliphatic carbocycles. The van der Waals surface area contributed by atoms with Gasteiger partial charge in [0.15, 0.2) is 0 Å². The molecular weight excluding hydrogens is 382 g/mol. The van der Waals surface area contributed by atoms with Crippen molar-refractivity contribution in [3.8, 4) is 11.5 Å². The molecule has 0 saturated carbocycles. The molecule has 1 aromatic heterocycles. The van der Waals surface area contributed by atoms with Gasteiger partial charge in [-0.15, -0.1) is 0 Å². The number of hydrogen-bond acceptors (Lipinski definition) is 3. The van der Waals surface area contributed by atoms with Crippen molar-refractivity contribution in [1.29, 1.82) is 0 Å². The Morgan fingerprint density at radius 2 is 2.21 bits per heavy atom. The Morgan fingerprint density at radius 1 is 1.43 bits per heavy atom. The smallest absolute Gasteiger partial charge is 0.259 e. The van der Waals surface area contributed by atoms with Crippen LogP contribution in [0.4, 0.5) is 0 Å². The van der Waals surface area contributed by atoms with Gasteiger partial charge in [0.25, 0.3) is 5.89 Å². The second-order valence-electron chi connectivity index (χ2n) is 2.49. The fraction of sp³-hybridized carbons (Fsp3) is 0. The van der Waals surface area contributed by atoms with E-state index in [9.17, 15) is 0 Å². The van der Waals surface area contributed by atoms with Gasteiger partial charge >= 0.3 is 0 Å². The fourth-order valence-corrected chi connectivity index (χ4v) is 2.15. The summed E-state index contributed by atoms with van der Waals surface area (Å²) in [5.41, 5.74) is 0.838. The third-order valence-electron chi connectivity index (χ3n) is 1.56. The molecule has 14 heavy (non-hydrogen) atoms. The van der Waals surface area contributed by atoms with Gasteiger partial charge in [0.1, 0.15) is 0 Å². The van der Waals surface area contributed by atoms with Crippen LogP contribution in [0.25, 0.3) is 11.5 Å². The van der Waals surface area contributed by atoms with Crippen molar-refractivity contribution in [2.45, 2.75) is 0 Å². The highest BCUT2D eigenvalue weighted by Gasteiger charge is 2.10. The quantitative estimate of drug-likeness (QED) is 0.702. The molecule has 72 valence electrons. The lowest BCUT2D eigenvalue weighted by Gasteiger charge is -1.98. The molecule has 0 fully saturated rings. The Morgan fingerprint density at radius 3 is 2.79 bits per heavy atom. The van der Waals surface area contributed by atoms with E-state index in [1.807, 2.05) is 28.7 Å². The van der Waals surface area contributed by atoms with Crippen LogP contribution in [-0.4, -0.2) is 10.1 Å². The highest BCUT2D eigenvalue weighted by atomic mass is 127. The minimum absolute atomic E-state index is 0.484. The Labute approximate surface area is 107 Å². The molecule has 3 nitrogen and oxygen atoms in total. The standard InChI is InChI=1S/C8H3BrClIN2O/c9-6-3-4(10)1-2-5(6)7-12-8(11)13-14-7/h1-3H. The van der Waals surface area contributed by atoms with Crippen LogP contribution < -0.4 is 0 Å².